The normalized spacial score (nSPS) is 10.7. The van der Waals surface area contributed by atoms with Crippen LogP contribution in [-0.2, 0) is 6.42 Å². The Labute approximate surface area is 127 Å². The van der Waals surface area contributed by atoms with Gasteiger partial charge in [-0.1, -0.05) is 39.0 Å². The molecule has 4 heteroatoms. The number of anilines is 3. The predicted octanol–water partition coefficient (Wildman–Crippen LogP) is 4.24. The van der Waals surface area contributed by atoms with Crippen LogP contribution in [0.3, 0.4) is 0 Å². The first-order valence-corrected chi connectivity index (χ1v) is 7.61. The number of para-hydroxylation sites is 1. The first kappa shape index (κ1) is 15.3. The third-order valence-electron chi connectivity index (χ3n) is 3.32. The molecule has 0 bridgehead atoms. The first-order chi connectivity index (χ1) is 10.2. The van der Waals surface area contributed by atoms with E-state index in [1.54, 1.807) is 6.20 Å². The zero-order chi connectivity index (χ0) is 15.1. The molecule has 0 unspecified atom stereocenters. The van der Waals surface area contributed by atoms with Crippen LogP contribution in [0.25, 0.3) is 0 Å². The lowest BCUT2D eigenvalue weighted by Crippen LogP contribution is -2.08. The highest BCUT2D eigenvalue weighted by Gasteiger charge is 2.03. The molecule has 4 nitrogen and oxygen atoms in total. The van der Waals surface area contributed by atoms with E-state index >= 15 is 0 Å². The van der Waals surface area contributed by atoms with Crippen molar-refractivity contribution in [3.63, 3.8) is 0 Å². The van der Waals surface area contributed by atoms with Gasteiger partial charge in [0.1, 0.15) is 5.82 Å². The summed E-state index contributed by atoms with van der Waals surface area (Å²) < 4.78 is 0. The van der Waals surface area contributed by atoms with Crippen molar-refractivity contribution in [2.24, 2.45) is 5.92 Å². The monoisotopic (exact) mass is 284 g/mol. The van der Waals surface area contributed by atoms with Gasteiger partial charge in [0.05, 0.1) is 0 Å². The van der Waals surface area contributed by atoms with Crippen LogP contribution >= 0.6 is 0 Å². The molecule has 1 aromatic heterocycles. The van der Waals surface area contributed by atoms with Crippen LogP contribution in [-0.4, -0.2) is 16.5 Å². The third kappa shape index (κ3) is 4.74. The smallest absolute Gasteiger partial charge is 0.224 e. The molecule has 0 saturated carbocycles. The Morgan fingerprint density at radius 1 is 1.14 bits per heavy atom. The minimum atomic E-state index is 0.676. The maximum absolute atomic E-state index is 4.51. The largest absolute Gasteiger partial charge is 0.354 e. The fourth-order valence-electron chi connectivity index (χ4n) is 2.07. The molecule has 0 amide bonds. The summed E-state index contributed by atoms with van der Waals surface area (Å²) in [4.78, 5) is 8.77. The molecule has 0 saturated heterocycles. The molecule has 1 heterocycles. The molecule has 1 aromatic carbocycles. The van der Waals surface area contributed by atoms with E-state index < -0.39 is 0 Å². The SMILES string of the molecule is CCc1ccccc1Nc1ccnc(NCCC(C)C)n1. The van der Waals surface area contributed by atoms with E-state index in [-0.39, 0.29) is 0 Å². The van der Waals surface area contributed by atoms with Gasteiger partial charge in [-0.3, -0.25) is 0 Å². The highest BCUT2D eigenvalue weighted by Crippen LogP contribution is 2.20. The minimum absolute atomic E-state index is 0.676. The van der Waals surface area contributed by atoms with E-state index in [0.717, 1.165) is 30.9 Å². The lowest BCUT2D eigenvalue weighted by atomic mass is 10.1. The van der Waals surface area contributed by atoms with E-state index in [0.29, 0.717) is 11.9 Å². The molecule has 2 rings (SSSR count). The van der Waals surface area contributed by atoms with Gasteiger partial charge in [0.2, 0.25) is 5.95 Å². The van der Waals surface area contributed by atoms with Gasteiger partial charge in [-0.05, 0) is 36.5 Å². The van der Waals surface area contributed by atoms with Crippen LogP contribution in [0, 0.1) is 5.92 Å². The van der Waals surface area contributed by atoms with Crippen LogP contribution in [0.4, 0.5) is 17.5 Å². The molecule has 0 aliphatic carbocycles. The Bertz CT molecular complexity index is 566. The second kappa shape index (κ2) is 7.62. The summed E-state index contributed by atoms with van der Waals surface area (Å²) >= 11 is 0. The second-order valence-electron chi connectivity index (χ2n) is 5.51. The van der Waals surface area contributed by atoms with Crippen molar-refractivity contribution in [3.05, 3.63) is 42.1 Å². The number of hydrogen-bond acceptors (Lipinski definition) is 4. The lowest BCUT2D eigenvalue weighted by Gasteiger charge is -2.11. The number of nitrogens with one attached hydrogen (secondary N) is 2. The van der Waals surface area contributed by atoms with Crippen molar-refractivity contribution in [3.8, 4) is 0 Å². The lowest BCUT2D eigenvalue weighted by molar-refractivity contribution is 0.606. The number of aryl methyl sites for hydroxylation is 1. The van der Waals surface area contributed by atoms with Gasteiger partial charge in [0, 0.05) is 18.4 Å². The average molecular weight is 284 g/mol. The van der Waals surface area contributed by atoms with Crippen molar-refractivity contribution in [1.82, 2.24) is 9.97 Å². The number of hydrogen-bond donors (Lipinski definition) is 2. The summed E-state index contributed by atoms with van der Waals surface area (Å²) in [5, 5.41) is 6.64. The summed E-state index contributed by atoms with van der Waals surface area (Å²) in [6, 6.07) is 10.2. The summed E-state index contributed by atoms with van der Waals surface area (Å²) in [5.74, 6) is 2.17. The highest BCUT2D eigenvalue weighted by molar-refractivity contribution is 5.61. The second-order valence-corrected chi connectivity index (χ2v) is 5.51. The summed E-state index contributed by atoms with van der Waals surface area (Å²) in [5.41, 5.74) is 2.39. The van der Waals surface area contributed by atoms with Gasteiger partial charge >= 0.3 is 0 Å². The molecule has 2 N–H and O–H groups in total. The Balaban J connectivity index is 2.03. The number of nitrogens with zero attached hydrogens (tertiary/aromatic N) is 2. The van der Waals surface area contributed by atoms with Gasteiger partial charge in [0.25, 0.3) is 0 Å². The molecule has 0 spiro atoms. The molecule has 0 fully saturated rings. The van der Waals surface area contributed by atoms with Crippen molar-refractivity contribution >= 4 is 17.5 Å². The summed E-state index contributed by atoms with van der Waals surface area (Å²) in [6.45, 7) is 7.47. The number of rotatable bonds is 7. The van der Waals surface area contributed by atoms with Gasteiger partial charge in [-0.2, -0.15) is 4.98 Å². The van der Waals surface area contributed by atoms with Crippen LogP contribution in [0.2, 0.25) is 0 Å². The molecular formula is C17H24N4. The maximum Gasteiger partial charge on any atom is 0.224 e. The number of benzene rings is 1. The van der Waals surface area contributed by atoms with Crippen molar-refractivity contribution < 1.29 is 0 Å². The molecule has 0 aliphatic rings. The Morgan fingerprint density at radius 2 is 1.95 bits per heavy atom. The zero-order valence-electron chi connectivity index (χ0n) is 13.1. The van der Waals surface area contributed by atoms with E-state index in [1.165, 1.54) is 5.56 Å². The quantitative estimate of drug-likeness (QED) is 0.798. The molecule has 112 valence electrons. The number of aromatic nitrogens is 2. The molecule has 0 atom stereocenters. The standard InChI is InChI=1S/C17H24N4/c1-4-14-7-5-6-8-15(14)20-16-10-12-19-17(21-16)18-11-9-13(2)3/h5-8,10,12-13H,4,9,11H2,1-3H3,(H2,18,19,20,21). The highest BCUT2D eigenvalue weighted by atomic mass is 15.1. The van der Waals surface area contributed by atoms with Gasteiger partial charge in [-0.25, -0.2) is 4.98 Å². The van der Waals surface area contributed by atoms with Crippen molar-refractivity contribution in [2.75, 3.05) is 17.2 Å². The fourth-order valence-corrected chi connectivity index (χ4v) is 2.07. The minimum Gasteiger partial charge on any atom is -0.354 e. The summed E-state index contributed by atoms with van der Waals surface area (Å²) in [6.07, 6.45) is 3.88. The van der Waals surface area contributed by atoms with Gasteiger partial charge in [-0.15, -0.1) is 0 Å². The maximum atomic E-state index is 4.51. The van der Waals surface area contributed by atoms with E-state index in [9.17, 15) is 0 Å². The molecule has 0 aliphatic heterocycles. The van der Waals surface area contributed by atoms with E-state index in [4.69, 9.17) is 0 Å². The molecule has 2 aromatic rings. The molecule has 0 radical (unpaired) electrons. The zero-order valence-corrected chi connectivity index (χ0v) is 13.1. The van der Waals surface area contributed by atoms with Crippen molar-refractivity contribution in [2.45, 2.75) is 33.6 Å². The first-order valence-electron chi connectivity index (χ1n) is 7.61. The third-order valence-corrected chi connectivity index (χ3v) is 3.32. The topological polar surface area (TPSA) is 49.8 Å². The van der Waals surface area contributed by atoms with Crippen LogP contribution in [0.5, 0.6) is 0 Å². The molecule has 21 heavy (non-hydrogen) atoms. The average Bonchev–Trinajstić information content (AvgIpc) is 2.48. The van der Waals surface area contributed by atoms with Crippen LogP contribution in [0.15, 0.2) is 36.5 Å². The molecular weight excluding hydrogens is 260 g/mol. The Hall–Kier alpha value is -2.10. The fraction of sp³-hybridized carbons (Fsp3) is 0.412. The van der Waals surface area contributed by atoms with Crippen LogP contribution < -0.4 is 10.6 Å². The van der Waals surface area contributed by atoms with E-state index in [2.05, 4.69) is 59.6 Å². The van der Waals surface area contributed by atoms with Crippen LogP contribution in [0.1, 0.15) is 32.8 Å². The predicted molar refractivity (Wildman–Crippen MR) is 89.1 cm³/mol. The van der Waals surface area contributed by atoms with Crippen molar-refractivity contribution in [1.29, 1.82) is 0 Å². The van der Waals surface area contributed by atoms with Gasteiger partial charge < -0.3 is 10.6 Å². The van der Waals surface area contributed by atoms with Gasteiger partial charge in [0.15, 0.2) is 0 Å². The van der Waals surface area contributed by atoms with E-state index in [1.807, 2.05) is 12.1 Å². The Morgan fingerprint density at radius 3 is 2.71 bits per heavy atom. The Kier molecular flexibility index (Phi) is 5.55. The summed E-state index contributed by atoms with van der Waals surface area (Å²) in [7, 11) is 0.